The number of amides is 1. The van der Waals surface area contributed by atoms with Gasteiger partial charge in [0.15, 0.2) is 30.0 Å². The van der Waals surface area contributed by atoms with Gasteiger partial charge in [0.05, 0.1) is 17.4 Å². The molecule has 7 N–H and O–H groups in total. The van der Waals surface area contributed by atoms with Gasteiger partial charge in [0.25, 0.3) is 0 Å². The maximum atomic E-state index is 12.9. The van der Waals surface area contributed by atoms with E-state index in [0.717, 1.165) is 12.5 Å². The summed E-state index contributed by atoms with van der Waals surface area (Å²) in [4.78, 5) is 49.3. The summed E-state index contributed by atoms with van der Waals surface area (Å²) in [6, 6.07) is 1.34. The number of carboxylic acid groups (broad SMARTS) is 2. The summed E-state index contributed by atoms with van der Waals surface area (Å²) in [7, 11) is 1.93. The number of hydrogen-bond acceptors (Lipinski definition) is 12. The smallest absolute Gasteiger partial charge is 0.340 e. The Balaban J connectivity index is 1.26. The number of nitrogens with zero attached hydrogens (tertiary/aromatic N) is 1. The molecule has 2 aliphatic heterocycles. The molecule has 1 aromatic carbocycles. The number of phenolic OH excluding ortho intramolecular Hbond substituents is 1. The quantitative estimate of drug-likeness (QED) is 0.115. The number of likely N-dealkylation sites (N-methyl/N-ethyl adjacent to an activating group) is 1. The Morgan fingerprint density at radius 2 is 1.93 bits per heavy atom. The summed E-state index contributed by atoms with van der Waals surface area (Å²) < 4.78 is 16.8. The molecular formula is C28H34N2O13. The van der Waals surface area contributed by atoms with Crippen LogP contribution >= 0.6 is 0 Å². The van der Waals surface area contributed by atoms with Crippen LogP contribution in [0.5, 0.6) is 11.5 Å². The van der Waals surface area contributed by atoms with Crippen LogP contribution in [0.15, 0.2) is 24.0 Å². The van der Waals surface area contributed by atoms with Gasteiger partial charge in [0, 0.05) is 24.4 Å². The van der Waals surface area contributed by atoms with Crippen LogP contribution in [0.3, 0.4) is 0 Å². The molecule has 15 nitrogen and oxygen atoms in total. The minimum Gasteiger partial charge on any atom is -0.504 e. The van der Waals surface area contributed by atoms with Gasteiger partial charge in [-0.3, -0.25) is 9.59 Å². The van der Waals surface area contributed by atoms with Crippen molar-refractivity contribution in [2.75, 3.05) is 13.6 Å². The number of carbonyl (C=O) groups excluding carboxylic acids is 2. The largest absolute Gasteiger partial charge is 0.504 e. The van der Waals surface area contributed by atoms with E-state index in [2.05, 4.69) is 4.90 Å². The number of aliphatic hydroxyl groups is 3. The highest BCUT2D eigenvalue weighted by Gasteiger charge is 2.72. The maximum Gasteiger partial charge on any atom is 0.340 e. The number of hydrogen-bond donors (Lipinski definition) is 7. The molecule has 234 valence electrons. The summed E-state index contributed by atoms with van der Waals surface area (Å²) in [5, 5.41) is 63.3. The number of phenols is 1. The zero-order valence-corrected chi connectivity index (χ0v) is 23.4. The fourth-order valence-electron chi connectivity index (χ4n) is 6.93. The second kappa shape index (κ2) is 11.1. The van der Waals surface area contributed by atoms with Crippen LogP contribution < -0.4 is 10.1 Å². The van der Waals surface area contributed by atoms with Crippen LogP contribution in [-0.2, 0) is 40.5 Å². The van der Waals surface area contributed by atoms with E-state index in [-0.39, 0.29) is 29.7 Å². The Hall–Kier alpha value is -3.76. The summed E-state index contributed by atoms with van der Waals surface area (Å²) >= 11 is 0. The van der Waals surface area contributed by atoms with E-state index in [9.17, 15) is 39.6 Å². The molecule has 2 unspecified atom stereocenters. The Bertz CT molecular complexity index is 1380. The molecule has 8 atom stereocenters. The lowest BCUT2D eigenvalue weighted by Crippen LogP contribution is -2.74. The van der Waals surface area contributed by atoms with E-state index in [1.54, 1.807) is 6.07 Å². The highest BCUT2D eigenvalue weighted by atomic mass is 16.6. The third kappa shape index (κ3) is 5.00. The molecule has 1 saturated heterocycles. The average molecular weight is 607 g/mol. The predicted molar refractivity (Wildman–Crippen MR) is 142 cm³/mol. The first kappa shape index (κ1) is 30.7. The molecule has 0 radical (unpaired) electrons. The lowest BCUT2D eigenvalue weighted by atomic mass is 9.50. The van der Waals surface area contributed by atoms with Gasteiger partial charge in [-0.15, -0.1) is 0 Å². The number of aliphatic carboxylic acids is 2. The van der Waals surface area contributed by atoms with Gasteiger partial charge in [-0.2, -0.15) is 0 Å². The number of nitrogens with one attached hydrogen (secondary N) is 1. The molecule has 4 aliphatic rings. The van der Waals surface area contributed by atoms with Crippen molar-refractivity contribution in [3.8, 4) is 11.5 Å². The van der Waals surface area contributed by atoms with Crippen molar-refractivity contribution in [2.45, 2.75) is 86.7 Å². The minimum absolute atomic E-state index is 0.0433. The molecule has 15 heteroatoms. The van der Waals surface area contributed by atoms with Crippen molar-refractivity contribution in [3.63, 3.8) is 0 Å². The molecule has 2 heterocycles. The number of ether oxygens (including phenoxy) is 3. The number of carboxylic acids is 2. The molecule has 0 aromatic heterocycles. The second-order valence-electron chi connectivity index (χ2n) is 11.5. The number of aromatic hydroxyl groups is 1. The first-order valence-electron chi connectivity index (χ1n) is 13.8. The fourth-order valence-corrected chi connectivity index (χ4v) is 6.93. The molecule has 1 aromatic rings. The average Bonchev–Trinajstić information content (AvgIpc) is 3.29. The Labute approximate surface area is 245 Å². The molecule has 1 spiro atoms. The van der Waals surface area contributed by atoms with Gasteiger partial charge < -0.3 is 55.1 Å². The Morgan fingerprint density at radius 1 is 1.21 bits per heavy atom. The van der Waals surface area contributed by atoms with E-state index >= 15 is 0 Å². The molecule has 43 heavy (non-hydrogen) atoms. The highest BCUT2D eigenvalue weighted by Crippen LogP contribution is 2.65. The van der Waals surface area contributed by atoms with Crippen LogP contribution in [0.25, 0.3) is 0 Å². The number of esters is 1. The monoisotopic (exact) mass is 606 g/mol. The lowest BCUT2D eigenvalue weighted by molar-refractivity contribution is -0.180. The number of likely N-dealkylation sites (tertiary alicyclic amines) is 1. The molecule has 5 rings (SSSR count). The first-order valence-corrected chi connectivity index (χ1v) is 13.8. The van der Waals surface area contributed by atoms with Crippen LogP contribution in [0.2, 0.25) is 0 Å². The van der Waals surface area contributed by atoms with Gasteiger partial charge in [0.2, 0.25) is 5.91 Å². The van der Waals surface area contributed by atoms with E-state index in [1.165, 1.54) is 12.1 Å². The lowest BCUT2D eigenvalue weighted by Gasteiger charge is -2.61. The Kier molecular flexibility index (Phi) is 7.89. The van der Waals surface area contributed by atoms with Crippen molar-refractivity contribution in [3.05, 3.63) is 35.1 Å². The standard InChI is InChI=1S/C28H34N2O13/c1-12(24(36)29-14(25(37)38)10-19(33)34)41-20(35)11-16(32)26(39)42-17-5-6-28(40)18-9-13-3-4-15(31)22-21(13)27(28,23(17)43-22)7-8-30(18)2/h3-5,12,14,16,18,20,23,31-32,35,40H,6-11H2,1-2H3,(H,29,36)(H,33,34)(H,37,38)/t12-,14+,16-,18+,20?,23-,27?,28+/m0/s1. The maximum absolute atomic E-state index is 12.9. The normalized spacial score (nSPS) is 29.7. The van der Waals surface area contributed by atoms with E-state index in [4.69, 9.17) is 24.4 Å². The Morgan fingerprint density at radius 3 is 2.60 bits per heavy atom. The van der Waals surface area contributed by atoms with Crippen LogP contribution in [-0.4, -0.2) is 115 Å². The number of benzene rings is 1. The summed E-state index contributed by atoms with van der Waals surface area (Å²) in [6.45, 7) is 1.78. The predicted octanol–water partition coefficient (Wildman–Crippen LogP) is -1.27. The minimum atomic E-state index is -1.92. The van der Waals surface area contributed by atoms with E-state index < -0.39 is 78.3 Å². The number of piperidine rings is 1. The van der Waals surface area contributed by atoms with E-state index in [0.29, 0.717) is 24.9 Å². The molecule has 2 bridgehead atoms. The second-order valence-corrected chi connectivity index (χ2v) is 11.5. The van der Waals surface area contributed by atoms with Gasteiger partial charge in [-0.25, -0.2) is 9.59 Å². The zero-order valence-electron chi connectivity index (χ0n) is 23.4. The van der Waals surface area contributed by atoms with Crippen LogP contribution in [0.4, 0.5) is 0 Å². The molecule has 1 amide bonds. The van der Waals surface area contributed by atoms with Gasteiger partial charge >= 0.3 is 17.9 Å². The van der Waals surface area contributed by atoms with Gasteiger partial charge in [0.1, 0.15) is 17.9 Å². The fraction of sp³-hybridized carbons (Fsp3) is 0.571. The van der Waals surface area contributed by atoms with Crippen molar-refractivity contribution in [2.24, 2.45) is 0 Å². The van der Waals surface area contributed by atoms with Crippen molar-refractivity contribution in [1.82, 2.24) is 10.2 Å². The third-order valence-corrected chi connectivity index (χ3v) is 8.99. The summed E-state index contributed by atoms with van der Waals surface area (Å²) in [6.07, 6.45) is -5.20. The number of carbonyl (C=O) groups is 4. The summed E-state index contributed by atoms with van der Waals surface area (Å²) in [5.74, 6) is -5.08. The zero-order chi connectivity index (χ0) is 31.4. The third-order valence-electron chi connectivity index (χ3n) is 8.99. The van der Waals surface area contributed by atoms with Gasteiger partial charge in [-0.1, -0.05) is 6.07 Å². The van der Waals surface area contributed by atoms with Crippen LogP contribution in [0, 0.1) is 0 Å². The number of rotatable bonds is 11. The van der Waals surface area contributed by atoms with Crippen molar-refractivity contribution >= 4 is 23.8 Å². The summed E-state index contributed by atoms with van der Waals surface area (Å²) in [5.41, 5.74) is -0.687. The molecule has 2 aliphatic carbocycles. The van der Waals surface area contributed by atoms with Crippen molar-refractivity contribution < 1.29 is 64.0 Å². The SMILES string of the molecule is C[C@H](OC(O)C[C@H](O)C(=O)OC1=CC[C@@]2(O)[C@H]3Cc4ccc(O)c5c4C2(CCN3C)[C@H]1O5)C(=O)N[C@H](CC(=O)O)C(=O)O. The van der Waals surface area contributed by atoms with Crippen LogP contribution in [0.1, 0.15) is 43.7 Å². The van der Waals surface area contributed by atoms with Crippen molar-refractivity contribution in [1.29, 1.82) is 0 Å². The molecule has 0 saturated carbocycles. The molecular weight excluding hydrogens is 572 g/mol. The topological polar surface area (TPSA) is 233 Å². The number of aliphatic hydroxyl groups excluding tert-OH is 2. The highest BCUT2D eigenvalue weighted by molar-refractivity contribution is 5.88. The molecule has 1 fully saturated rings. The van der Waals surface area contributed by atoms with E-state index in [1.807, 2.05) is 12.4 Å². The van der Waals surface area contributed by atoms with Gasteiger partial charge in [-0.05, 0) is 51.1 Å². The first-order chi connectivity index (χ1) is 20.2.